The summed E-state index contributed by atoms with van der Waals surface area (Å²) in [4.78, 5) is 17.4. The van der Waals surface area contributed by atoms with E-state index in [2.05, 4.69) is 42.8 Å². The van der Waals surface area contributed by atoms with Crippen LogP contribution >= 0.6 is 0 Å². The lowest BCUT2D eigenvalue weighted by Gasteiger charge is -2.32. The Morgan fingerprint density at radius 2 is 1.70 bits per heavy atom. The first-order valence-electron chi connectivity index (χ1n) is 9.77. The molecule has 0 aliphatic carbocycles. The Labute approximate surface area is 143 Å². The Balaban J connectivity index is 1.85. The normalized spacial score (nSPS) is 27.0. The maximum atomic E-state index is 12.9. The quantitative estimate of drug-likeness (QED) is 0.709. The van der Waals surface area contributed by atoms with Gasteiger partial charge in [0.1, 0.15) is 0 Å². The topological polar surface area (TPSA) is 35.6 Å². The number of hydrogen-bond donors (Lipinski definition) is 1. The predicted octanol–water partition coefficient (Wildman–Crippen LogP) is 2.73. The number of rotatable bonds is 9. The van der Waals surface area contributed by atoms with Gasteiger partial charge in [0.25, 0.3) is 0 Å². The molecule has 2 unspecified atom stereocenters. The minimum absolute atomic E-state index is 0.386. The fourth-order valence-corrected chi connectivity index (χ4v) is 4.28. The van der Waals surface area contributed by atoms with E-state index in [9.17, 15) is 4.79 Å². The number of carbonyl (C=O) groups excluding carboxylic acids is 1. The summed E-state index contributed by atoms with van der Waals surface area (Å²) in [6.45, 7) is 13.7. The molecular weight excluding hydrogens is 286 g/mol. The second kappa shape index (κ2) is 9.03. The molecular formula is C19H37N3O. The number of nitrogens with one attached hydrogen (secondary N) is 1. The van der Waals surface area contributed by atoms with Crippen molar-refractivity contribution < 1.29 is 4.79 Å². The third kappa shape index (κ3) is 5.75. The molecule has 0 radical (unpaired) electrons. The van der Waals surface area contributed by atoms with E-state index in [0.29, 0.717) is 29.8 Å². The first-order chi connectivity index (χ1) is 11.0. The largest absolute Gasteiger partial charge is 0.341 e. The number of piperidine rings is 1. The lowest BCUT2D eigenvalue weighted by atomic mass is 9.89. The zero-order valence-electron chi connectivity index (χ0n) is 15.7. The molecule has 134 valence electrons. The number of fused-ring (bicyclic) bond motifs is 2. The Morgan fingerprint density at radius 3 is 2.22 bits per heavy atom. The molecule has 2 heterocycles. The van der Waals surface area contributed by atoms with Crippen LogP contribution in [0, 0.1) is 11.8 Å². The highest BCUT2D eigenvalue weighted by atomic mass is 16.2. The van der Waals surface area contributed by atoms with Crippen molar-refractivity contribution in [1.29, 1.82) is 0 Å². The van der Waals surface area contributed by atoms with Gasteiger partial charge in [0.15, 0.2) is 0 Å². The molecule has 4 heteroatoms. The van der Waals surface area contributed by atoms with Gasteiger partial charge in [-0.05, 0) is 50.6 Å². The van der Waals surface area contributed by atoms with Crippen molar-refractivity contribution >= 4 is 5.91 Å². The van der Waals surface area contributed by atoms with Gasteiger partial charge in [-0.1, -0.05) is 27.7 Å². The zero-order valence-corrected chi connectivity index (χ0v) is 15.7. The molecule has 2 fully saturated rings. The second-order valence-corrected chi connectivity index (χ2v) is 7.94. The van der Waals surface area contributed by atoms with Crippen molar-refractivity contribution in [3.05, 3.63) is 0 Å². The lowest BCUT2D eigenvalue weighted by Crippen LogP contribution is -2.43. The van der Waals surface area contributed by atoms with Crippen molar-refractivity contribution in [3.63, 3.8) is 0 Å². The molecule has 2 rings (SSSR count). The fourth-order valence-electron chi connectivity index (χ4n) is 4.28. The van der Waals surface area contributed by atoms with Crippen LogP contribution in [0.5, 0.6) is 0 Å². The van der Waals surface area contributed by atoms with E-state index in [1.165, 1.54) is 25.7 Å². The monoisotopic (exact) mass is 323 g/mol. The second-order valence-electron chi connectivity index (χ2n) is 7.94. The highest BCUT2D eigenvalue weighted by molar-refractivity contribution is 5.76. The van der Waals surface area contributed by atoms with Crippen molar-refractivity contribution in [2.24, 2.45) is 11.8 Å². The maximum Gasteiger partial charge on any atom is 0.222 e. The summed E-state index contributed by atoms with van der Waals surface area (Å²) in [5.41, 5.74) is 0. The van der Waals surface area contributed by atoms with Gasteiger partial charge in [-0.15, -0.1) is 0 Å². The fraction of sp³-hybridized carbons (Fsp3) is 0.947. The van der Waals surface area contributed by atoms with Gasteiger partial charge in [0.2, 0.25) is 5.91 Å². The smallest absolute Gasteiger partial charge is 0.222 e. The predicted molar refractivity (Wildman–Crippen MR) is 96.5 cm³/mol. The third-order valence-corrected chi connectivity index (χ3v) is 5.55. The van der Waals surface area contributed by atoms with E-state index in [4.69, 9.17) is 0 Å². The molecule has 0 aromatic carbocycles. The van der Waals surface area contributed by atoms with E-state index in [0.717, 1.165) is 39.1 Å². The zero-order chi connectivity index (χ0) is 16.8. The molecule has 0 spiro atoms. The van der Waals surface area contributed by atoms with Crippen LogP contribution in [0.4, 0.5) is 0 Å². The molecule has 0 aromatic heterocycles. The first kappa shape index (κ1) is 18.7. The molecule has 1 amide bonds. The molecule has 4 nitrogen and oxygen atoms in total. The minimum atomic E-state index is 0.386. The number of likely N-dealkylation sites (N-methyl/N-ethyl adjacent to an activating group) is 1. The highest BCUT2D eigenvalue weighted by Crippen LogP contribution is 2.33. The maximum absolute atomic E-state index is 12.9. The van der Waals surface area contributed by atoms with E-state index in [1.807, 2.05) is 0 Å². The summed E-state index contributed by atoms with van der Waals surface area (Å²) in [7, 11) is 0. The van der Waals surface area contributed by atoms with Crippen molar-refractivity contribution in [2.75, 3.05) is 32.7 Å². The van der Waals surface area contributed by atoms with Gasteiger partial charge in [-0.2, -0.15) is 0 Å². The molecule has 2 aliphatic heterocycles. The number of amides is 1. The minimum Gasteiger partial charge on any atom is -0.341 e. The molecule has 2 aliphatic rings. The molecule has 2 saturated heterocycles. The molecule has 2 bridgehead atoms. The van der Waals surface area contributed by atoms with Gasteiger partial charge in [0.05, 0.1) is 0 Å². The summed E-state index contributed by atoms with van der Waals surface area (Å²) >= 11 is 0. The average molecular weight is 324 g/mol. The average Bonchev–Trinajstić information content (AvgIpc) is 2.85. The van der Waals surface area contributed by atoms with Crippen LogP contribution < -0.4 is 5.32 Å². The van der Waals surface area contributed by atoms with Crippen LogP contribution in [0.3, 0.4) is 0 Å². The van der Waals surface area contributed by atoms with Gasteiger partial charge in [-0.25, -0.2) is 0 Å². The Hall–Kier alpha value is -0.610. The molecule has 0 aromatic rings. The van der Waals surface area contributed by atoms with Crippen molar-refractivity contribution in [1.82, 2.24) is 15.1 Å². The van der Waals surface area contributed by atoms with Crippen LogP contribution in [0.2, 0.25) is 0 Å². The number of hydrogen-bond acceptors (Lipinski definition) is 3. The first-order valence-corrected chi connectivity index (χ1v) is 9.77. The third-order valence-electron chi connectivity index (χ3n) is 5.55. The van der Waals surface area contributed by atoms with Gasteiger partial charge in [-0.3, -0.25) is 4.79 Å². The van der Waals surface area contributed by atoms with E-state index in [1.54, 1.807) is 0 Å². The Bertz CT molecular complexity index is 356. The molecule has 23 heavy (non-hydrogen) atoms. The number of carbonyl (C=O) groups is 1. The summed E-state index contributed by atoms with van der Waals surface area (Å²) in [6, 6.07) is 1.36. The van der Waals surface area contributed by atoms with E-state index in [-0.39, 0.29) is 0 Å². The summed E-state index contributed by atoms with van der Waals surface area (Å²) in [5.74, 6) is 1.53. The van der Waals surface area contributed by atoms with Crippen LogP contribution in [-0.4, -0.2) is 60.5 Å². The van der Waals surface area contributed by atoms with Crippen LogP contribution in [-0.2, 0) is 4.79 Å². The van der Waals surface area contributed by atoms with Crippen molar-refractivity contribution in [3.8, 4) is 0 Å². The van der Waals surface area contributed by atoms with E-state index < -0.39 is 0 Å². The SMILES string of the molecule is CCN(CC)CCN(CC(C)C)C(=O)CC1CC2CCC(C1)N2. The summed E-state index contributed by atoms with van der Waals surface area (Å²) in [6.07, 6.45) is 5.79. The van der Waals surface area contributed by atoms with Gasteiger partial charge >= 0.3 is 0 Å². The Kier molecular flexibility index (Phi) is 7.35. The van der Waals surface area contributed by atoms with Gasteiger partial charge < -0.3 is 15.1 Å². The molecule has 2 atom stereocenters. The lowest BCUT2D eigenvalue weighted by molar-refractivity contribution is -0.133. The number of nitrogens with zero attached hydrogens (tertiary/aromatic N) is 2. The highest BCUT2D eigenvalue weighted by Gasteiger charge is 2.34. The van der Waals surface area contributed by atoms with E-state index >= 15 is 0 Å². The van der Waals surface area contributed by atoms with Gasteiger partial charge in [0, 0.05) is 38.1 Å². The van der Waals surface area contributed by atoms with Crippen molar-refractivity contribution in [2.45, 2.75) is 71.9 Å². The summed E-state index contributed by atoms with van der Waals surface area (Å²) in [5, 5.41) is 3.68. The van der Waals surface area contributed by atoms with Crippen LogP contribution in [0.1, 0.15) is 59.8 Å². The van der Waals surface area contributed by atoms with Crippen LogP contribution in [0.15, 0.2) is 0 Å². The molecule has 0 saturated carbocycles. The van der Waals surface area contributed by atoms with Crippen LogP contribution in [0.25, 0.3) is 0 Å². The summed E-state index contributed by atoms with van der Waals surface area (Å²) < 4.78 is 0. The Morgan fingerprint density at radius 1 is 1.09 bits per heavy atom. The molecule has 1 N–H and O–H groups in total. The standard InChI is InChI=1S/C19H37N3O/c1-5-21(6-2)9-10-22(14-15(3)4)19(23)13-16-11-17-7-8-18(12-16)20-17/h15-18,20H,5-14H2,1-4H3.